The molecule has 0 unspecified atom stereocenters. The van der Waals surface area contributed by atoms with Crippen molar-refractivity contribution in [1.29, 1.82) is 0 Å². The van der Waals surface area contributed by atoms with Crippen molar-refractivity contribution in [3.8, 4) is 0 Å². The average molecular weight is 650 g/mol. The second-order valence-corrected chi connectivity index (χ2v) is 11.8. The smallest absolute Gasteiger partial charge is 0.247 e. The Labute approximate surface area is 277 Å². The first-order valence-electron chi connectivity index (χ1n) is 16.5. The van der Waals surface area contributed by atoms with Crippen molar-refractivity contribution in [2.24, 2.45) is 22.2 Å². The zero-order valence-corrected chi connectivity index (χ0v) is 27.3. The molecule has 3 rings (SSSR count). The zero-order valence-electron chi connectivity index (χ0n) is 27.3. The molecule has 1 heterocycles. The van der Waals surface area contributed by atoms with Gasteiger partial charge in [-0.2, -0.15) is 0 Å². The molecule has 1 fully saturated rings. The van der Waals surface area contributed by atoms with E-state index in [1.807, 2.05) is 67.6 Å². The molecule has 4 atom stereocenters. The van der Waals surface area contributed by atoms with Gasteiger partial charge in [0.1, 0.15) is 18.1 Å². The Morgan fingerprint density at radius 3 is 2.04 bits per heavy atom. The van der Waals surface area contributed by atoms with Crippen LogP contribution in [0.1, 0.15) is 50.2 Å². The lowest BCUT2D eigenvalue weighted by molar-refractivity contribution is -0.137. The summed E-state index contributed by atoms with van der Waals surface area (Å²) in [5.41, 5.74) is 19.3. The molecular formula is C34H51N9O4. The lowest BCUT2D eigenvalue weighted by Crippen LogP contribution is -2.58. The Bertz CT molecular complexity index is 1300. The molecule has 0 bridgehead atoms. The molecule has 0 saturated carbocycles. The van der Waals surface area contributed by atoms with Crippen molar-refractivity contribution in [3.05, 3.63) is 71.8 Å². The third kappa shape index (κ3) is 13.0. The van der Waals surface area contributed by atoms with E-state index in [9.17, 15) is 19.2 Å². The highest BCUT2D eigenvalue weighted by Gasteiger charge is 2.32. The number of carbonyl (C=O) groups is 4. The summed E-state index contributed by atoms with van der Waals surface area (Å²) in [5, 5.41) is 11.7. The summed E-state index contributed by atoms with van der Waals surface area (Å²) in [6, 6.07) is 15.2. The van der Waals surface area contributed by atoms with E-state index >= 15 is 0 Å². The van der Waals surface area contributed by atoms with Gasteiger partial charge in [0.2, 0.25) is 23.6 Å². The van der Waals surface area contributed by atoms with Crippen LogP contribution in [0.5, 0.6) is 0 Å². The summed E-state index contributed by atoms with van der Waals surface area (Å²) in [6.45, 7) is 4.28. The Hall–Kier alpha value is -4.49. The van der Waals surface area contributed by atoms with Gasteiger partial charge in [-0.15, -0.1) is 0 Å². The van der Waals surface area contributed by atoms with Crippen LogP contribution in [-0.4, -0.2) is 91.4 Å². The van der Waals surface area contributed by atoms with E-state index in [0.29, 0.717) is 45.3 Å². The van der Waals surface area contributed by atoms with Gasteiger partial charge in [0.05, 0.1) is 12.6 Å². The number of guanidine groups is 1. The van der Waals surface area contributed by atoms with Gasteiger partial charge in [0, 0.05) is 19.6 Å². The summed E-state index contributed by atoms with van der Waals surface area (Å²) in [7, 11) is 0. The number of nitrogens with two attached hydrogens (primary N) is 3. The molecular weight excluding hydrogens is 598 g/mol. The average Bonchev–Trinajstić information content (AvgIpc) is 3.37. The van der Waals surface area contributed by atoms with E-state index in [2.05, 4.69) is 26.3 Å². The van der Waals surface area contributed by atoms with Crippen LogP contribution < -0.4 is 38.5 Å². The van der Waals surface area contributed by atoms with E-state index in [1.54, 1.807) is 4.90 Å². The van der Waals surface area contributed by atoms with E-state index in [-0.39, 0.29) is 24.8 Å². The van der Waals surface area contributed by atoms with Crippen LogP contribution in [-0.2, 0) is 32.0 Å². The molecule has 1 aliphatic heterocycles. The van der Waals surface area contributed by atoms with E-state index < -0.39 is 41.9 Å². The molecule has 13 nitrogen and oxygen atoms in total. The topological polar surface area (TPSA) is 210 Å². The summed E-state index contributed by atoms with van der Waals surface area (Å²) < 4.78 is 0. The Morgan fingerprint density at radius 1 is 0.809 bits per heavy atom. The van der Waals surface area contributed by atoms with Gasteiger partial charge in [-0.05, 0) is 49.8 Å². The first kappa shape index (κ1) is 37.0. The molecule has 47 heavy (non-hydrogen) atoms. The fraction of sp³-hybridized carbons (Fsp3) is 0.500. The third-order valence-electron chi connectivity index (χ3n) is 8.03. The van der Waals surface area contributed by atoms with Crippen molar-refractivity contribution < 1.29 is 19.2 Å². The molecule has 1 aliphatic rings. The second-order valence-electron chi connectivity index (χ2n) is 11.8. The van der Waals surface area contributed by atoms with E-state index in [1.165, 1.54) is 0 Å². The molecule has 10 N–H and O–H groups in total. The van der Waals surface area contributed by atoms with Gasteiger partial charge in [-0.3, -0.25) is 24.2 Å². The monoisotopic (exact) mass is 649 g/mol. The molecule has 4 amide bonds. The quantitative estimate of drug-likeness (QED) is 0.0909. The van der Waals surface area contributed by atoms with Crippen LogP contribution in [0.25, 0.3) is 0 Å². The molecule has 256 valence electrons. The Balaban J connectivity index is 1.76. The molecule has 0 spiro atoms. The molecule has 0 aromatic heterocycles. The van der Waals surface area contributed by atoms with Crippen molar-refractivity contribution >= 4 is 29.6 Å². The summed E-state index contributed by atoms with van der Waals surface area (Å²) in [6.07, 6.45) is 3.63. The lowest BCUT2D eigenvalue weighted by Gasteiger charge is -2.28. The predicted molar refractivity (Wildman–Crippen MR) is 183 cm³/mol. The van der Waals surface area contributed by atoms with E-state index in [0.717, 1.165) is 30.5 Å². The Morgan fingerprint density at radius 2 is 1.40 bits per heavy atom. The number of amides is 4. The van der Waals surface area contributed by atoms with E-state index in [4.69, 9.17) is 17.2 Å². The van der Waals surface area contributed by atoms with Crippen LogP contribution >= 0.6 is 0 Å². The second kappa shape index (κ2) is 19.9. The number of unbranched alkanes of at least 4 members (excludes halogenated alkanes) is 1. The molecule has 2 aromatic rings. The molecule has 1 saturated heterocycles. The number of hydrogen-bond acceptors (Lipinski definition) is 7. The molecule has 13 heteroatoms. The maximum Gasteiger partial charge on any atom is 0.247 e. The van der Waals surface area contributed by atoms with Crippen molar-refractivity contribution in [1.82, 2.24) is 26.2 Å². The maximum atomic E-state index is 13.8. The van der Waals surface area contributed by atoms with Crippen LogP contribution in [0.15, 0.2) is 65.7 Å². The van der Waals surface area contributed by atoms with Gasteiger partial charge >= 0.3 is 0 Å². The number of nitrogens with zero attached hydrogens (tertiary/aromatic N) is 2. The molecule has 2 aromatic carbocycles. The summed E-state index contributed by atoms with van der Waals surface area (Å²) in [5.74, 6) is -2.01. The largest absolute Gasteiger partial charge is 0.370 e. The molecule has 0 aliphatic carbocycles. The predicted octanol–water partition coefficient (Wildman–Crippen LogP) is -0.0709. The van der Waals surface area contributed by atoms with Gasteiger partial charge in [-0.1, -0.05) is 80.4 Å². The van der Waals surface area contributed by atoms with Gasteiger partial charge < -0.3 is 43.4 Å². The first-order valence-corrected chi connectivity index (χ1v) is 16.5. The van der Waals surface area contributed by atoms with Gasteiger partial charge in [0.15, 0.2) is 5.96 Å². The SMILES string of the molecule is CCCC[C@@H](NC(=O)[C@@H](CCc1ccccc1)NC(=O)[C@H](N)Cc1ccccc1)C(=O)N[C@H](CN=C(N)N)C(=O)N1CCCNCC1. The number of carbonyl (C=O) groups excluding carboxylic acids is 4. The normalized spacial score (nSPS) is 15.7. The number of benzene rings is 2. The number of aryl methyl sites for hydroxylation is 1. The highest BCUT2D eigenvalue weighted by atomic mass is 16.2. The minimum absolute atomic E-state index is 0.139. The highest BCUT2D eigenvalue weighted by molar-refractivity contribution is 5.95. The van der Waals surface area contributed by atoms with Crippen molar-refractivity contribution in [2.45, 2.75) is 76.0 Å². The van der Waals surface area contributed by atoms with Crippen molar-refractivity contribution in [3.63, 3.8) is 0 Å². The minimum Gasteiger partial charge on any atom is -0.370 e. The zero-order chi connectivity index (χ0) is 34.0. The fourth-order valence-corrected chi connectivity index (χ4v) is 5.35. The summed E-state index contributed by atoms with van der Waals surface area (Å²) in [4.78, 5) is 59.9. The van der Waals surface area contributed by atoms with Crippen molar-refractivity contribution in [2.75, 3.05) is 32.7 Å². The maximum absolute atomic E-state index is 13.8. The fourth-order valence-electron chi connectivity index (χ4n) is 5.35. The Kier molecular flexibility index (Phi) is 15.7. The molecule has 0 radical (unpaired) electrons. The number of rotatable bonds is 17. The number of hydrogen-bond donors (Lipinski definition) is 7. The standard InChI is InChI=1S/C34H51N9O4/c1-2-3-15-27(31(45)42-29(23-39-34(36)37)33(47)43-20-10-18-38-19-21-43)41-32(46)28(17-16-24-11-6-4-7-12-24)40-30(44)26(35)22-25-13-8-5-9-14-25/h4-9,11-14,26-29,38H,2-3,10,15-23,35H2,1H3,(H,40,44)(H,41,46)(H,42,45)(H4,36,37,39)/t26-,27-,28-,29-/m1/s1. The van der Waals surface area contributed by atoms with Crippen LogP contribution in [0.4, 0.5) is 0 Å². The highest BCUT2D eigenvalue weighted by Crippen LogP contribution is 2.10. The van der Waals surface area contributed by atoms with Gasteiger partial charge in [0.25, 0.3) is 0 Å². The van der Waals surface area contributed by atoms with Crippen LogP contribution in [0.3, 0.4) is 0 Å². The van der Waals surface area contributed by atoms with Gasteiger partial charge in [-0.25, -0.2) is 0 Å². The van der Waals surface area contributed by atoms with Crippen LogP contribution in [0.2, 0.25) is 0 Å². The minimum atomic E-state index is -1.02. The number of nitrogens with one attached hydrogen (secondary N) is 4. The van der Waals surface area contributed by atoms with Crippen LogP contribution in [0, 0.1) is 0 Å². The third-order valence-corrected chi connectivity index (χ3v) is 8.03. The summed E-state index contributed by atoms with van der Waals surface area (Å²) >= 11 is 0. The number of aliphatic imine (C=N–C) groups is 1. The first-order chi connectivity index (χ1) is 22.7. The lowest BCUT2D eigenvalue weighted by atomic mass is 10.0.